The SMILES string of the molecule is Cc1ccccc1/C=C/C(=O)NC[C@@H]1CCCC[C@@H]1CN1CCN(c2nsc3ccccc23)CC1. The van der Waals surface area contributed by atoms with Crippen LogP contribution in [0.25, 0.3) is 16.2 Å². The van der Waals surface area contributed by atoms with Gasteiger partial charge in [0.1, 0.15) is 5.82 Å². The van der Waals surface area contributed by atoms with Crippen molar-refractivity contribution in [2.75, 3.05) is 44.2 Å². The van der Waals surface area contributed by atoms with E-state index in [0.29, 0.717) is 11.8 Å². The molecule has 0 radical (unpaired) electrons. The highest BCUT2D eigenvalue weighted by Gasteiger charge is 2.29. The summed E-state index contributed by atoms with van der Waals surface area (Å²) in [6.07, 6.45) is 8.69. The lowest BCUT2D eigenvalue weighted by Gasteiger charge is -2.40. The van der Waals surface area contributed by atoms with Crippen molar-refractivity contribution in [1.29, 1.82) is 0 Å². The van der Waals surface area contributed by atoms with Gasteiger partial charge in [-0.15, -0.1) is 0 Å². The number of aryl methyl sites for hydroxylation is 1. The van der Waals surface area contributed by atoms with Crippen molar-refractivity contribution in [3.63, 3.8) is 0 Å². The van der Waals surface area contributed by atoms with E-state index in [-0.39, 0.29) is 5.91 Å². The van der Waals surface area contributed by atoms with Crippen LogP contribution in [0, 0.1) is 18.8 Å². The number of nitrogens with one attached hydrogen (secondary N) is 1. The van der Waals surface area contributed by atoms with Gasteiger partial charge in [0.05, 0.1) is 4.70 Å². The first-order valence-corrected chi connectivity index (χ1v) is 13.8. The summed E-state index contributed by atoms with van der Waals surface area (Å²) in [7, 11) is 0. The van der Waals surface area contributed by atoms with Crippen molar-refractivity contribution >= 4 is 39.4 Å². The molecule has 2 aromatic carbocycles. The van der Waals surface area contributed by atoms with Crippen LogP contribution >= 0.6 is 11.5 Å². The maximum absolute atomic E-state index is 12.5. The number of benzene rings is 2. The number of hydrogen-bond donors (Lipinski definition) is 1. The van der Waals surface area contributed by atoms with Gasteiger partial charge in [0.2, 0.25) is 5.91 Å². The zero-order valence-electron chi connectivity index (χ0n) is 20.7. The first-order chi connectivity index (χ1) is 17.2. The molecule has 35 heavy (non-hydrogen) atoms. The molecule has 2 aliphatic rings. The Hall–Kier alpha value is -2.70. The second kappa shape index (κ2) is 11.4. The monoisotopic (exact) mass is 488 g/mol. The van der Waals surface area contributed by atoms with Crippen LogP contribution in [0.3, 0.4) is 0 Å². The summed E-state index contributed by atoms with van der Waals surface area (Å²) in [6, 6.07) is 16.7. The third kappa shape index (κ3) is 5.93. The van der Waals surface area contributed by atoms with E-state index in [2.05, 4.69) is 52.4 Å². The third-order valence-corrected chi connectivity index (χ3v) is 8.55. The van der Waals surface area contributed by atoms with Crippen LogP contribution < -0.4 is 10.2 Å². The minimum atomic E-state index is 0.0154. The smallest absolute Gasteiger partial charge is 0.244 e. The van der Waals surface area contributed by atoms with Gasteiger partial charge >= 0.3 is 0 Å². The van der Waals surface area contributed by atoms with Gasteiger partial charge in [-0.3, -0.25) is 9.69 Å². The number of nitrogens with zero attached hydrogens (tertiary/aromatic N) is 3. The van der Waals surface area contributed by atoms with E-state index in [1.165, 1.54) is 41.3 Å². The number of carbonyl (C=O) groups is 1. The molecular weight excluding hydrogens is 452 g/mol. The van der Waals surface area contributed by atoms with E-state index in [9.17, 15) is 4.79 Å². The normalized spacial score (nSPS) is 21.6. The zero-order valence-corrected chi connectivity index (χ0v) is 21.5. The van der Waals surface area contributed by atoms with Crippen LogP contribution in [0.4, 0.5) is 5.82 Å². The molecule has 5 rings (SSSR count). The van der Waals surface area contributed by atoms with Gasteiger partial charge in [-0.2, -0.15) is 4.37 Å². The number of carbonyl (C=O) groups excluding carboxylic acids is 1. The summed E-state index contributed by atoms with van der Waals surface area (Å²) in [4.78, 5) is 17.6. The van der Waals surface area contributed by atoms with Crippen molar-refractivity contribution in [2.24, 2.45) is 11.8 Å². The number of anilines is 1. The van der Waals surface area contributed by atoms with Gasteiger partial charge < -0.3 is 10.2 Å². The molecule has 1 N–H and O–H groups in total. The summed E-state index contributed by atoms with van der Waals surface area (Å²) >= 11 is 1.60. The number of rotatable bonds is 7. The molecule has 2 fully saturated rings. The van der Waals surface area contributed by atoms with Gasteiger partial charge in [0, 0.05) is 50.7 Å². The minimum Gasteiger partial charge on any atom is -0.353 e. The molecule has 3 aromatic rings. The van der Waals surface area contributed by atoms with Crippen LogP contribution in [-0.2, 0) is 4.79 Å². The van der Waals surface area contributed by atoms with Crippen LogP contribution in [0.15, 0.2) is 54.6 Å². The van der Waals surface area contributed by atoms with Crippen LogP contribution in [-0.4, -0.2) is 54.4 Å². The molecule has 2 heterocycles. The first-order valence-electron chi connectivity index (χ1n) is 13.0. The molecule has 1 aromatic heterocycles. The Bertz CT molecular complexity index is 1160. The Balaban J connectivity index is 1.11. The van der Waals surface area contributed by atoms with Crippen LogP contribution in [0.5, 0.6) is 0 Å². The van der Waals surface area contributed by atoms with E-state index in [4.69, 9.17) is 4.37 Å². The first kappa shape index (κ1) is 24.0. The Kier molecular flexibility index (Phi) is 7.79. The standard InChI is InChI=1S/C29H36N4OS/c1-22-8-2-3-9-23(22)14-15-28(34)30-20-24-10-4-5-11-25(24)21-32-16-18-33(19-17-32)29-26-12-6-7-13-27(26)35-31-29/h2-3,6-9,12-15,24-25H,4-5,10-11,16-21H2,1H3,(H,30,34)/b15-14+/t24-,25+/m0/s1. The van der Waals surface area contributed by atoms with Gasteiger partial charge in [-0.25, -0.2) is 0 Å². The molecule has 1 saturated carbocycles. The minimum absolute atomic E-state index is 0.0154. The second-order valence-electron chi connectivity index (χ2n) is 10.0. The lowest BCUT2D eigenvalue weighted by Crippen LogP contribution is -2.49. The highest BCUT2D eigenvalue weighted by molar-refractivity contribution is 7.13. The van der Waals surface area contributed by atoms with Crippen LogP contribution in [0.1, 0.15) is 36.8 Å². The van der Waals surface area contributed by atoms with E-state index in [0.717, 1.165) is 50.6 Å². The number of amides is 1. The Morgan fingerprint density at radius 1 is 1.03 bits per heavy atom. The average Bonchev–Trinajstić information content (AvgIpc) is 3.32. The molecule has 1 amide bonds. The highest BCUT2D eigenvalue weighted by Crippen LogP contribution is 2.32. The van der Waals surface area contributed by atoms with Crippen molar-refractivity contribution < 1.29 is 4.79 Å². The molecule has 1 aliphatic heterocycles. The van der Waals surface area contributed by atoms with Crippen molar-refractivity contribution in [3.05, 3.63) is 65.7 Å². The maximum Gasteiger partial charge on any atom is 0.244 e. The predicted octanol–water partition coefficient (Wildman–Crippen LogP) is 5.36. The highest BCUT2D eigenvalue weighted by atomic mass is 32.1. The Morgan fingerprint density at radius 3 is 2.60 bits per heavy atom. The molecule has 0 unspecified atom stereocenters. The number of hydrogen-bond acceptors (Lipinski definition) is 5. The molecule has 6 heteroatoms. The van der Waals surface area contributed by atoms with Crippen LogP contribution in [0.2, 0.25) is 0 Å². The van der Waals surface area contributed by atoms with Gasteiger partial charge in [0.15, 0.2) is 0 Å². The van der Waals surface area contributed by atoms with Gasteiger partial charge in [-0.05, 0) is 72.5 Å². The fourth-order valence-corrected chi connectivity index (χ4v) is 6.39. The van der Waals surface area contributed by atoms with Gasteiger partial charge in [0.25, 0.3) is 0 Å². The summed E-state index contributed by atoms with van der Waals surface area (Å²) < 4.78 is 6.02. The van der Waals surface area contributed by atoms with Crippen molar-refractivity contribution in [1.82, 2.24) is 14.6 Å². The summed E-state index contributed by atoms with van der Waals surface area (Å²) in [5.41, 5.74) is 2.29. The van der Waals surface area contributed by atoms with E-state index >= 15 is 0 Å². The topological polar surface area (TPSA) is 48.5 Å². The van der Waals surface area contributed by atoms with E-state index in [1.807, 2.05) is 24.3 Å². The zero-order chi connectivity index (χ0) is 24.0. The molecule has 1 aliphatic carbocycles. The van der Waals surface area contributed by atoms with E-state index < -0.39 is 0 Å². The summed E-state index contributed by atoms with van der Waals surface area (Å²) in [6.45, 7) is 8.24. The quantitative estimate of drug-likeness (QED) is 0.455. The lowest BCUT2D eigenvalue weighted by atomic mass is 9.78. The predicted molar refractivity (Wildman–Crippen MR) is 147 cm³/mol. The largest absolute Gasteiger partial charge is 0.353 e. The number of aromatic nitrogens is 1. The summed E-state index contributed by atoms with van der Waals surface area (Å²) in [5, 5.41) is 4.48. The van der Waals surface area contributed by atoms with Gasteiger partial charge in [-0.1, -0.05) is 49.2 Å². The van der Waals surface area contributed by atoms with Crippen molar-refractivity contribution in [3.8, 4) is 0 Å². The molecule has 1 saturated heterocycles. The summed E-state index contributed by atoms with van der Waals surface area (Å²) in [5.74, 6) is 2.40. The average molecular weight is 489 g/mol. The fourth-order valence-electron chi connectivity index (χ4n) is 5.60. The third-order valence-electron chi connectivity index (χ3n) is 7.73. The molecule has 0 spiro atoms. The van der Waals surface area contributed by atoms with Crippen molar-refractivity contribution in [2.45, 2.75) is 32.6 Å². The molecule has 2 atom stereocenters. The number of piperazine rings is 1. The molecule has 5 nitrogen and oxygen atoms in total. The Labute approximate surface area is 213 Å². The maximum atomic E-state index is 12.5. The fraction of sp³-hybridized carbons (Fsp3) is 0.448. The number of fused-ring (bicyclic) bond motifs is 1. The lowest BCUT2D eigenvalue weighted by molar-refractivity contribution is -0.116. The molecule has 184 valence electrons. The molecular formula is C29H36N4OS. The molecule has 0 bridgehead atoms. The second-order valence-corrected chi connectivity index (χ2v) is 10.8. The van der Waals surface area contributed by atoms with E-state index in [1.54, 1.807) is 17.6 Å². The Morgan fingerprint density at radius 2 is 1.77 bits per heavy atom.